The fourth-order valence-corrected chi connectivity index (χ4v) is 3.94. The number of nitrogens with zero attached hydrogens (tertiary/aromatic N) is 1. The second kappa shape index (κ2) is 12.0. The standard InChI is InChI=1S/C21H23F2N3O3S.HI/c1-24-21(25-11-13-7-8-16(28-2)17(9-13)29-20(22)23)26-12-15(27)19-10-14-5-3-4-6-18(14)30-19;/h3-10,15,20,27H,11-12H2,1-2H3,(H2,24,25,26);1H. The third-order valence-electron chi connectivity index (χ3n) is 4.36. The predicted molar refractivity (Wildman–Crippen MR) is 130 cm³/mol. The molecule has 0 saturated heterocycles. The summed E-state index contributed by atoms with van der Waals surface area (Å²) >= 11 is 1.55. The molecule has 31 heavy (non-hydrogen) atoms. The normalized spacial score (nSPS) is 12.4. The first-order valence-corrected chi connectivity index (χ1v) is 10.0. The lowest BCUT2D eigenvalue weighted by Crippen LogP contribution is -2.38. The first-order chi connectivity index (χ1) is 14.5. The largest absolute Gasteiger partial charge is 0.493 e. The van der Waals surface area contributed by atoms with Crippen LogP contribution < -0.4 is 20.1 Å². The fourth-order valence-electron chi connectivity index (χ4n) is 2.89. The van der Waals surface area contributed by atoms with Gasteiger partial charge in [-0.25, -0.2) is 0 Å². The molecule has 3 aromatic rings. The van der Waals surface area contributed by atoms with Gasteiger partial charge in [0.2, 0.25) is 0 Å². The van der Waals surface area contributed by atoms with Crippen molar-refractivity contribution in [2.75, 3.05) is 20.7 Å². The number of aliphatic hydroxyl groups excluding tert-OH is 1. The number of fused-ring (bicyclic) bond motifs is 1. The predicted octanol–water partition coefficient (Wildman–Crippen LogP) is 4.53. The summed E-state index contributed by atoms with van der Waals surface area (Å²) in [5.41, 5.74) is 0.708. The van der Waals surface area contributed by atoms with Gasteiger partial charge in [-0.3, -0.25) is 4.99 Å². The van der Waals surface area contributed by atoms with Crippen LogP contribution >= 0.6 is 35.3 Å². The van der Waals surface area contributed by atoms with Gasteiger partial charge < -0.3 is 25.2 Å². The molecule has 1 heterocycles. The van der Waals surface area contributed by atoms with Crippen molar-refractivity contribution in [2.45, 2.75) is 19.3 Å². The Kier molecular flexibility index (Phi) is 9.72. The van der Waals surface area contributed by atoms with Crippen LogP contribution in [0.5, 0.6) is 11.5 Å². The molecule has 2 aromatic carbocycles. The highest BCUT2D eigenvalue weighted by atomic mass is 127. The first-order valence-electron chi connectivity index (χ1n) is 9.23. The van der Waals surface area contributed by atoms with Gasteiger partial charge in [-0.2, -0.15) is 8.78 Å². The zero-order valence-electron chi connectivity index (χ0n) is 17.0. The summed E-state index contributed by atoms with van der Waals surface area (Å²) in [5, 5.41) is 17.7. The molecule has 0 saturated carbocycles. The van der Waals surface area contributed by atoms with Crippen molar-refractivity contribution in [3.8, 4) is 11.5 Å². The monoisotopic (exact) mass is 563 g/mol. The Morgan fingerprint density at radius 1 is 1.13 bits per heavy atom. The van der Waals surface area contributed by atoms with Crippen LogP contribution in [0.15, 0.2) is 53.5 Å². The molecule has 1 unspecified atom stereocenters. The van der Waals surface area contributed by atoms with Gasteiger partial charge in [-0.15, -0.1) is 35.3 Å². The molecule has 0 bridgehead atoms. The van der Waals surface area contributed by atoms with E-state index in [0.29, 0.717) is 18.1 Å². The van der Waals surface area contributed by atoms with Crippen molar-refractivity contribution in [2.24, 2.45) is 4.99 Å². The molecule has 0 amide bonds. The summed E-state index contributed by atoms with van der Waals surface area (Å²) in [6.45, 7) is -2.34. The Labute approximate surface area is 200 Å². The maximum atomic E-state index is 12.6. The van der Waals surface area contributed by atoms with E-state index in [1.165, 1.54) is 13.2 Å². The third-order valence-corrected chi connectivity index (χ3v) is 5.58. The molecule has 3 N–H and O–H groups in total. The minimum Gasteiger partial charge on any atom is -0.493 e. The summed E-state index contributed by atoms with van der Waals surface area (Å²) in [4.78, 5) is 4.99. The fraction of sp³-hybridized carbons (Fsp3) is 0.286. The van der Waals surface area contributed by atoms with E-state index in [4.69, 9.17) is 4.74 Å². The molecule has 0 radical (unpaired) electrons. The molecule has 168 valence electrons. The number of halogens is 3. The number of guanidine groups is 1. The van der Waals surface area contributed by atoms with Crippen LogP contribution in [0.4, 0.5) is 8.78 Å². The topological polar surface area (TPSA) is 75.1 Å². The van der Waals surface area contributed by atoms with Crippen LogP contribution in [0.1, 0.15) is 16.5 Å². The molecule has 1 aromatic heterocycles. The van der Waals surface area contributed by atoms with Crippen molar-refractivity contribution in [3.05, 3.63) is 59.0 Å². The van der Waals surface area contributed by atoms with Crippen LogP contribution in [0.2, 0.25) is 0 Å². The molecule has 0 fully saturated rings. The minimum atomic E-state index is -2.94. The van der Waals surface area contributed by atoms with E-state index in [1.807, 2.05) is 30.3 Å². The van der Waals surface area contributed by atoms with Gasteiger partial charge in [0.15, 0.2) is 17.5 Å². The van der Waals surface area contributed by atoms with Crippen LogP contribution in [0.25, 0.3) is 10.1 Å². The van der Waals surface area contributed by atoms with Crippen LogP contribution in [-0.2, 0) is 6.54 Å². The maximum Gasteiger partial charge on any atom is 0.387 e. The second-order valence-electron chi connectivity index (χ2n) is 6.37. The molecule has 0 aliphatic heterocycles. The van der Waals surface area contributed by atoms with Crippen molar-refractivity contribution in [1.82, 2.24) is 10.6 Å². The van der Waals surface area contributed by atoms with E-state index < -0.39 is 12.7 Å². The average molecular weight is 563 g/mol. The molecular formula is C21H24F2IN3O3S. The SMILES string of the molecule is CN=C(NCc1ccc(OC)c(OC(F)F)c1)NCC(O)c1cc2ccccc2s1.I. The Morgan fingerprint density at radius 2 is 1.90 bits per heavy atom. The number of thiophene rings is 1. The summed E-state index contributed by atoms with van der Waals surface area (Å²) in [5.74, 6) is 0.672. The number of methoxy groups -OCH3 is 1. The molecule has 1 atom stereocenters. The van der Waals surface area contributed by atoms with Gasteiger partial charge in [0, 0.05) is 29.7 Å². The number of benzene rings is 2. The number of rotatable bonds is 8. The van der Waals surface area contributed by atoms with Gasteiger partial charge >= 0.3 is 6.61 Å². The molecule has 10 heteroatoms. The lowest BCUT2D eigenvalue weighted by molar-refractivity contribution is -0.0512. The second-order valence-corrected chi connectivity index (χ2v) is 7.49. The van der Waals surface area contributed by atoms with Gasteiger partial charge in [-0.05, 0) is 35.2 Å². The van der Waals surface area contributed by atoms with Crippen molar-refractivity contribution in [3.63, 3.8) is 0 Å². The summed E-state index contributed by atoms with van der Waals surface area (Å²) in [6, 6.07) is 14.7. The molecule has 0 aliphatic rings. The highest BCUT2D eigenvalue weighted by Crippen LogP contribution is 2.30. The van der Waals surface area contributed by atoms with Crippen molar-refractivity contribution in [1.29, 1.82) is 0 Å². The number of alkyl halides is 2. The van der Waals surface area contributed by atoms with Crippen LogP contribution in [-0.4, -0.2) is 38.4 Å². The van der Waals surface area contributed by atoms with E-state index in [-0.39, 0.29) is 42.0 Å². The minimum absolute atomic E-state index is 0. The molecule has 3 rings (SSSR count). The Morgan fingerprint density at radius 3 is 2.58 bits per heavy atom. The number of hydrogen-bond donors (Lipinski definition) is 3. The summed E-state index contributed by atoms with van der Waals surface area (Å²) < 4.78 is 35.8. The number of aliphatic hydroxyl groups is 1. The highest BCUT2D eigenvalue weighted by molar-refractivity contribution is 14.0. The number of ether oxygens (including phenoxy) is 2. The maximum absolute atomic E-state index is 12.6. The first kappa shape index (κ1) is 25.1. The van der Waals surface area contributed by atoms with E-state index in [9.17, 15) is 13.9 Å². The van der Waals surface area contributed by atoms with Crippen molar-refractivity contribution >= 4 is 51.4 Å². The van der Waals surface area contributed by atoms with Crippen LogP contribution in [0.3, 0.4) is 0 Å². The average Bonchev–Trinajstić information content (AvgIpc) is 3.18. The number of nitrogens with one attached hydrogen (secondary N) is 2. The number of aliphatic imine (C=N–C) groups is 1. The van der Waals surface area contributed by atoms with Crippen molar-refractivity contribution < 1.29 is 23.4 Å². The quantitative estimate of drug-likeness (QED) is 0.214. The molecule has 0 spiro atoms. The highest BCUT2D eigenvalue weighted by Gasteiger charge is 2.13. The zero-order chi connectivity index (χ0) is 21.5. The smallest absolute Gasteiger partial charge is 0.387 e. The molecular weight excluding hydrogens is 539 g/mol. The Hall–Kier alpha value is -2.18. The summed E-state index contributed by atoms with van der Waals surface area (Å²) in [7, 11) is 3.00. The van der Waals surface area contributed by atoms with E-state index in [0.717, 1.165) is 15.0 Å². The number of hydrogen-bond acceptors (Lipinski definition) is 5. The Bertz CT molecular complexity index is 983. The molecule has 0 aliphatic carbocycles. The lowest BCUT2D eigenvalue weighted by Gasteiger charge is -2.16. The van der Waals surface area contributed by atoms with Gasteiger partial charge in [0.1, 0.15) is 6.10 Å². The van der Waals surface area contributed by atoms with Gasteiger partial charge in [0.05, 0.1) is 7.11 Å². The van der Waals surface area contributed by atoms with Gasteiger partial charge in [-0.1, -0.05) is 24.3 Å². The Balaban J connectivity index is 0.00000341. The van der Waals surface area contributed by atoms with Crippen LogP contribution in [0, 0.1) is 0 Å². The third kappa shape index (κ3) is 6.91. The zero-order valence-corrected chi connectivity index (χ0v) is 20.1. The van der Waals surface area contributed by atoms with Gasteiger partial charge in [0.25, 0.3) is 0 Å². The van der Waals surface area contributed by atoms with E-state index in [2.05, 4.69) is 20.4 Å². The van der Waals surface area contributed by atoms with E-state index >= 15 is 0 Å². The molecule has 6 nitrogen and oxygen atoms in total. The lowest BCUT2D eigenvalue weighted by atomic mass is 10.2. The summed E-state index contributed by atoms with van der Waals surface area (Å²) in [6.07, 6.45) is -0.687. The van der Waals surface area contributed by atoms with E-state index in [1.54, 1.807) is 30.5 Å².